The molecule has 0 radical (unpaired) electrons. The van der Waals surface area contributed by atoms with E-state index < -0.39 is 0 Å². The topological polar surface area (TPSA) is 38.3 Å². The summed E-state index contributed by atoms with van der Waals surface area (Å²) in [4.78, 5) is 11.7. The molecule has 1 unspecified atom stereocenters. The Morgan fingerprint density at radius 3 is 2.60 bits per heavy atom. The minimum atomic E-state index is -0.158. The highest BCUT2D eigenvalue weighted by molar-refractivity contribution is 9.09. The first-order valence-electron chi connectivity index (χ1n) is 5.56. The fourth-order valence-electron chi connectivity index (χ4n) is 1.85. The summed E-state index contributed by atoms with van der Waals surface area (Å²) in [6.45, 7) is 2.07. The summed E-state index contributed by atoms with van der Waals surface area (Å²) < 4.78 is 5.42. The van der Waals surface area contributed by atoms with Crippen LogP contribution in [-0.2, 0) is 9.53 Å². The van der Waals surface area contributed by atoms with E-state index in [0.717, 1.165) is 24.6 Å². The van der Waals surface area contributed by atoms with Crippen molar-refractivity contribution in [3.05, 3.63) is 0 Å². The Kier molecular flexibility index (Phi) is 5.06. The maximum absolute atomic E-state index is 11.7. The van der Waals surface area contributed by atoms with Crippen LogP contribution >= 0.6 is 15.9 Å². The first-order chi connectivity index (χ1) is 7.15. The number of alkyl halides is 1. The highest BCUT2D eigenvalue weighted by Crippen LogP contribution is 2.37. The first kappa shape index (κ1) is 13.0. The fourth-order valence-corrected chi connectivity index (χ4v) is 2.46. The number of halogens is 1. The van der Waals surface area contributed by atoms with E-state index in [-0.39, 0.29) is 17.6 Å². The SMILES string of the molecule is CCC(CBr)NC(=O)CC1(OC)CCC1. The summed E-state index contributed by atoms with van der Waals surface area (Å²) in [6.07, 6.45) is 4.67. The lowest BCUT2D eigenvalue weighted by Gasteiger charge is -2.40. The van der Waals surface area contributed by atoms with E-state index in [1.165, 1.54) is 6.42 Å². The molecule has 88 valence electrons. The van der Waals surface area contributed by atoms with Gasteiger partial charge in [0, 0.05) is 18.5 Å². The Hall–Kier alpha value is -0.0900. The van der Waals surface area contributed by atoms with Gasteiger partial charge in [-0.2, -0.15) is 0 Å². The second kappa shape index (κ2) is 5.85. The summed E-state index contributed by atoms with van der Waals surface area (Å²) in [6, 6.07) is 0.242. The number of nitrogens with one attached hydrogen (secondary N) is 1. The molecule has 1 fully saturated rings. The number of methoxy groups -OCH3 is 1. The van der Waals surface area contributed by atoms with Gasteiger partial charge in [-0.3, -0.25) is 4.79 Å². The quantitative estimate of drug-likeness (QED) is 0.757. The van der Waals surface area contributed by atoms with Gasteiger partial charge >= 0.3 is 0 Å². The van der Waals surface area contributed by atoms with Crippen molar-refractivity contribution >= 4 is 21.8 Å². The van der Waals surface area contributed by atoms with Crippen LogP contribution in [0.15, 0.2) is 0 Å². The molecule has 0 aromatic carbocycles. The molecule has 0 aliphatic heterocycles. The summed E-state index contributed by atoms with van der Waals surface area (Å²) in [5, 5.41) is 3.82. The number of rotatable bonds is 6. The lowest BCUT2D eigenvalue weighted by atomic mass is 9.77. The Bertz CT molecular complexity index is 207. The summed E-state index contributed by atoms with van der Waals surface area (Å²) in [5.41, 5.74) is -0.158. The van der Waals surface area contributed by atoms with Crippen molar-refractivity contribution in [2.24, 2.45) is 0 Å². The van der Waals surface area contributed by atoms with Crippen molar-refractivity contribution in [2.45, 2.75) is 50.7 Å². The van der Waals surface area contributed by atoms with E-state index >= 15 is 0 Å². The van der Waals surface area contributed by atoms with Gasteiger partial charge in [-0.1, -0.05) is 22.9 Å². The lowest BCUT2D eigenvalue weighted by Crippen LogP contribution is -2.46. The van der Waals surface area contributed by atoms with E-state index in [2.05, 4.69) is 28.2 Å². The average molecular weight is 278 g/mol. The van der Waals surface area contributed by atoms with E-state index in [1.807, 2.05) is 0 Å². The standard InChI is InChI=1S/C11H20BrNO2/c1-3-9(8-12)13-10(14)7-11(15-2)5-4-6-11/h9H,3-8H2,1-2H3,(H,13,14). The zero-order valence-corrected chi connectivity index (χ0v) is 11.1. The van der Waals surface area contributed by atoms with Gasteiger partial charge in [0.25, 0.3) is 0 Å². The van der Waals surface area contributed by atoms with Gasteiger partial charge in [0.2, 0.25) is 5.91 Å². The molecule has 1 aliphatic rings. The average Bonchev–Trinajstić information content (AvgIpc) is 2.20. The van der Waals surface area contributed by atoms with Gasteiger partial charge in [0.05, 0.1) is 12.0 Å². The third-order valence-corrected chi connectivity index (χ3v) is 4.01. The highest BCUT2D eigenvalue weighted by Gasteiger charge is 2.39. The highest BCUT2D eigenvalue weighted by atomic mass is 79.9. The van der Waals surface area contributed by atoms with Gasteiger partial charge in [0.1, 0.15) is 0 Å². The predicted octanol–water partition coefficient (Wildman–Crippen LogP) is 2.24. The lowest BCUT2D eigenvalue weighted by molar-refractivity contribution is -0.134. The molecule has 3 nitrogen and oxygen atoms in total. The number of hydrogen-bond acceptors (Lipinski definition) is 2. The molecule has 0 spiro atoms. The van der Waals surface area contributed by atoms with E-state index in [0.29, 0.717) is 6.42 Å². The van der Waals surface area contributed by atoms with Gasteiger partial charge in [0.15, 0.2) is 0 Å². The molecule has 1 saturated carbocycles. The van der Waals surface area contributed by atoms with Crippen LogP contribution in [0.3, 0.4) is 0 Å². The maximum atomic E-state index is 11.7. The van der Waals surface area contributed by atoms with Crippen molar-refractivity contribution in [2.75, 3.05) is 12.4 Å². The molecule has 0 aromatic heterocycles. The Morgan fingerprint density at radius 2 is 2.27 bits per heavy atom. The van der Waals surface area contributed by atoms with Crippen LogP contribution in [0, 0.1) is 0 Å². The Balaban J connectivity index is 2.34. The van der Waals surface area contributed by atoms with Crippen LogP contribution in [0.1, 0.15) is 39.0 Å². The molecule has 4 heteroatoms. The Labute approximate surface area is 100 Å². The zero-order valence-electron chi connectivity index (χ0n) is 9.51. The summed E-state index contributed by atoms with van der Waals surface area (Å²) >= 11 is 3.39. The van der Waals surface area contributed by atoms with Gasteiger partial charge in [-0.25, -0.2) is 0 Å². The van der Waals surface area contributed by atoms with E-state index in [9.17, 15) is 4.79 Å². The monoisotopic (exact) mass is 277 g/mol. The molecular weight excluding hydrogens is 258 g/mol. The molecule has 0 bridgehead atoms. The third kappa shape index (κ3) is 3.45. The van der Waals surface area contributed by atoms with Crippen LogP contribution in [-0.4, -0.2) is 30.0 Å². The number of carbonyl (C=O) groups excluding carboxylic acids is 1. The van der Waals surface area contributed by atoms with Crippen molar-refractivity contribution in [3.63, 3.8) is 0 Å². The molecule has 1 N–H and O–H groups in total. The van der Waals surface area contributed by atoms with E-state index in [1.54, 1.807) is 7.11 Å². The van der Waals surface area contributed by atoms with Gasteiger partial charge in [-0.05, 0) is 25.7 Å². The normalized spacial score (nSPS) is 20.5. The molecule has 0 aromatic rings. The molecule has 1 amide bonds. The second-order valence-electron chi connectivity index (χ2n) is 4.24. The summed E-state index contributed by atoms with van der Waals surface area (Å²) in [7, 11) is 1.70. The summed E-state index contributed by atoms with van der Waals surface area (Å²) in [5.74, 6) is 0.114. The molecule has 15 heavy (non-hydrogen) atoms. The minimum absolute atomic E-state index is 0.114. The number of ether oxygens (including phenoxy) is 1. The van der Waals surface area contributed by atoms with Crippen LogP contribution in [0.2, 0.25) is 0 Å². The molecule has 1 rings (SSSR count). The van der Waals surface area contributed by atoms with Crippen LogP contribution in [0.4, 0.5) is 0 Å². The first-order valence-corrected chi connectivity index (χ1v) is 6.68. The van der Waals surface area contributed by atoms with Crippen molar-refractivity contribution in [1.29, 1.82) is 0 Å². The van der Waals surface area contributed by atoms with E-state index in [4.69, 9.17) is 4.74 Å². The van der Waals surface area contributed by atoms with Gasteiger partial charge < -0.3 is 10.1 Å². The molecule has 1 atom stereocenters. The number of carbonyl (C=O) groups is 1. The number of hydrogen-bond donors (Lipinski definition) is 1. The fraction of sp³-hybridized carbons (Fsp3) is 0.909. The zero-order chi connectivity index (χ0) is 11.3. The van der Waals surface area contributed by atoms with Crippen LogP contribution in [0.5, 0.6) is 0 Å². The largest absolute Gasteiger partial charge is 0.378 e. The number of amides is 1. The molecule has 0 heterocycles. The molecule has 0 saturated heterocycles. The predicted molar refractivity (Wildman–Crippen MR) is 64.2 cm³/mol. The molecular formula is C11H20BrNO2. The third-order valence-electron chi connectivity index (χ3n) is 3.22. The maximum Gasteiger partial charge on any atom is 0.223 e. The minimum Gasteiger partial charge on any atom is -0.378 e. The molecule has 1 aliphatic carbocycles. The van der Waals surface area contributed by atoms with Crippen molar-refractivity contribution < 1.29 is 9.53 Å². The second-order valence-corrected chi connectivity index (χ2v) is 4.89. The smallest absolute Gasteiger partial charge is 0.223 e. The van der Waals surface area contributed by atoms with Crippen molar-refractivity contribution in [1.82, 2.24) is 5.32 Å². The van der Waals surface area contributed by atoms with Crippen LogP contribution in [0.25, 0.3) is 0 Å². The van der Waals surface area contributed by atoms with Crippen molar-refractivity contribution in [3.8, 4) is 0 Å². The Morgan fingerprint density at radius 1 is 1.60 bits per heavy atom. The van der Waals surface area contributed by atoms with Gasteiger partial charge in [-0.15, -0.1) is 0 Å². The van der Waals surface area contributed by atoms with Crippen LogP contribution < -0.4 is 5.32 Å².